The fraction of sp³-hybridized carbons (Fsp3) is 0.304. The summed E-state index contributed by atoms with van der Waals surface area (Å²) in [5.41, 5.74) is -1.20. The van der Waals surface area contributed by atoms with E-state index in [1.54, 1.807) is 30.8 Å². The summed E-state index contributed by atoms with van der Waals surface area (Å²) in [5, 5.41) is 2.50. The lowest BCUT2D eigenvalue weighted by atomic mass is 9.91. The highest BCUT2D eigenvalue weighted by Crippen LogP contribution is 2.39. The highest BCUT2D eigenvalue weighted by atomic mass is 32.2. The van der Waals surface area contributed by atoms with Crippen LogP contribution in [0.1, 0.15) is 24.1 Å². The molecule has 10 heteroatoms. The molecular weight excluding hydrogens is 457 g/mol. The summed E-state index contributed by atoms with van der Waals surface area (Å²) in [6, 6.07) is 9.95. The van der Waals surface area contributed by atoms with E-state index >= 15 is 0 Å². The Bertz CT molecular complexity index is 1050. The van der Waals surface area contributed by atoms with Crippen LogP contribution in [0.25, 0.3) is 0 Å². The van der Waals surface area contributed by atoms with Gasteiger partial charge in [0.05, 0.1) is 29.5 Å². The monoisotopic (exact) mass is 480 g/mol. The molecule has 6 nitrogen and oxygen atoms in total. The molecule has 1 aliphatic heterocycles. The molecule has 1 heterocycles. The lowest BCUT2D eigenvalue weighted by Gasteiger charge is -2.35. The van der Waals surface area contributed by atoms with E-state index in [-0.39, 0.29) is 30.0 Å². The number of alkyl halides is 3. The average Bonchev–Trinajstić information content (AvgIpc) is 2.79. The first-order valence-electron chi connectivity index (χ1n) is 10.0. The van der Waals surface area contributed by atoms with Crippen molar-refractivity contribution in [1.29, 1.82) is 0 Å². The Balaban J connectivity index is 2.08. The molecule has 0 bridgehead atoms. The minimum atomic E-state index is -4.68. The van der Waals surface area contributed by atoms with Crippen molar-refractivity contribution in [1.82, 2.24) is 10.2 Å². The number of halogens is 3. The molecule has 0 aliphatic carbocycles. The fourth-order valence-electron chi connectivity index (χ4n) is 3.45. The van der Waals surface area contributed by atoms with Crippen LogP contribution in [-0.2, 0) is 15.7 Å². The van der Waals surface area contributed by atoms with E-state index in [1.165, 1.54) is 25.2 Å². The first-order chi connectivity index (χ1) is 15.7. The van der Waals surface area contributed by atoms with Gasteiger partial charge in [0.25, 0.3) is 0 Å². The number of thioether (sulfide) groups is 1. The third-order valence-corrected chi connectivity index (χ3v) is 5.83. The molecule has 33 heavy (non-hydrogen) atoms. The average molecular weight is 481 g/mol. The molecule has 0 fully saturated rings. The smallest absolute Gasteiger partial charge is 0.416 e. The fourth-order valence-corrected chi connectivity index (χ4v) is 3.85. The Kier molecular flexibility index (Phi) is 7.57. The van der Waals surface area contributed by atoms with Crippen LogP contribution in [0.4, 0.5) is 18.0 Å². The number of amides is 2. The first kappa shape index (κ1) is 24.5. The van der Waals surface area contributed by atoms with Gasteiger partial charge in [0.15, 0.2) is 0 Å². The Morgan fingerprint density at radius 1 is 1.15 bits per heavy atom. The van der Waals surface area contributed by atoms with Crippen LogP contribution in [0.2, 0.25) is 0 Å². The topological polar surface area (TPSA) is 67.9 Å². The molecule has 1 atom stereocenters. The highest BCUT2D eigenvalue weighted by molar-refractivity contribution is 7.98. The lowest BCUT2D eigenvalue weighted by molar-refractivity contribution is -0.141. The van der Waals surface area contributed by atoms with E-state index in [2.05, 4.69) is 5.32 Å². The van der Waals surface area contributed by atoms with Gasteiger partial charge in [-0.2, -0.15) is 13.2 Å². The van der Waals surface area contributed by atoms with Gasteiger partial charge < -0.3 is 14.8 Å². The van der Waals surface area contributed by atoms with Gasteiger partial charge in [-0.1, -0.05) is 18.2 Å². The molecule has 0 saturated heterocycles. The predicted octanol–water partition coefficient (Wildman–Crippen LogP) is 5.02. The summed E-state index contributed by atoms with van der Waals surface area (Å²) in [6.45, 7) is 1.38. The van der Waals surface area contributed by atoms with E-state index < -0.39 is 29.8 Å². The molecule has 0 saturated carbocycles. The molecule has 0 aromatic heterocycles. The van der Waals surface area contributed by atoms with Crippen molar-refractivity contribution in [2.75, 3.05) is 26.5 Å². The number of ether oxygens (including phenoxy) is 2. The number of carbonyl (C=O) groups is 2. The summed E-state index contributed by atoms with van der Waals surface area (Å²) in [6.07, 6.45) is -2.75. The Morgan fingerprint density at radius 3 is 2.42 bits per heavy atom. The van der Waals surface area contributed by atoms with E-state index in [4.69, 9.17) is 9.47 Å². The minimum Gasteiger partial charge on any atom is -0.487 e. The largest absolute Gasteiger partial charge is 0.487 e. The van der Waals surface area contributed by atoms with Crippen LogP contribution < -0.4 is 10.1 Å². The Labute approximate surface area is 193 Å². The number of nitrogens with zero attached hydrogens (tertiary/aromatic N) is 1. The molecule has 176 valence electrons. The molecule has 1 aliphatic rings. The third kappa shape index (κ3) is 5.44. The van der Waals surface area contributed by atoms with Crippen LogP contribution >= 0.6 is 11.8 Å². The van der Waals surface area contributed by atoms with Gasteiger partial charge in [0.2, 0.25) is 0 Å². The third-order valence-electron chi connectivity index (χ3n) is 5.08. The molecule has 0 radical (unpaired) electrons. The molecular formula is C23H23F3N2O4S. The summed E-state index contributed by atoms with van der Waals surface area (Å²) >= 11 is 1.56. The number of hydrogen-bond donors (Lipinski definition) is 1. The Hall–Kier alpha value is -3.14. The normalized spacial score (nSPS) is 16.5. The first-order valence-corrected chi connectivity index (χ1v) is 11.3. The standard InChI is InChI=1S/C23H23F3N2O4S/c1-4-31-21(29)19-18(13-32-14-9-11-15(33-3)12-10-14)28(2)22(30)27-20(19)16-7-5-6-8-17(16)23(24,25)26/h5-12,20H,4,13H2,1-3H3,(H,27,30). The Morgan fingerprint density at radius 2 is 1.82 bits per heavy atom. The summed E-state index contributed by atoms with van der Waals surface area (Å²) in [5.74, 6) is -0.349. The van der Waals surface area contributed by atoms with E-state index in [0.717, 1.165) is 15.9 Å². The van der Waals surface area contributed by atoms with Crippen molar-refractivity contribution in [2.45, 2.75) is 24.0 Å². The van der Waals surface area contributed by atoms with Crippen molar-refractivity contribution in [3.8, 4) is 5.75 Å². The minimum absolute atomic E-state index is 0.0118. The number of urea groups is 1. The van der Waals surface area contributed by atoms with Crippen molar-refractivity contribution < 1.29 is 32.2 Å². The van der Waals surface area contributed by atoms with Crippen LogP contribution in [0.15, 0.2) is 64.7 Å². The van der Waals surface area contributed by atoms with Gasteiger partial charge in [-0.15, -0.1) is 11.8 Å². The van der Waals surface area contributed by atoms with Gasteiger partial charge >= 0.3 is 18.2 Å². The van der Waals surface area contributed by atoms with E-state index in [1.807, 2.05) is 18.4 Å². The van der Waals surface area contributed by atoms with Crippen LogP contribution in [0.5, 0.6) is 5.75 Å². The zero-order valence-corrected chi connectivity index (χ0v) is 19.0. The second-order valence-corrected chi connectivity index (χ2v) is 7.95. The quantitative estimate of drug-likeness (QED) is 0.445. The number of esters is 1. The van der Waals surface area contributed by atoms with Crippen molar-refractivity contribution >= 4 is 23.8 Å². The number of benzene rings is 2. The van der Waals surface area contributed by atoms with Crippen molar-refractivity contribution in [2.24, 2.45) is 0 Å². The maximum Gasteiger partial charge on any atom is 0.416 e. The maximum atomic E-state index is 13.7. The SMILES string of the molecule is CCOC(=O)C1=C(COc2ccc(SC)cc2)N(C)C(=O)NC1c1ccccc1C(F)(F)F. The number of carbonyl (C=O) groups excluding carboxylic acids is 2. The van der Waals surface area contributed by atoms with Crippen molar-refractivity contribution in [3.63, 3.8) is 0 Å². The molecule has 2 aromatic carbocycles. The summed E-state index contributed by atoms with van der Waals surface area (Å²) in [4.78, 5) is 27.7. The molecule has 2 amide bonds. The second kappa shape index (κ2) is 10.2. The van der Waals surface area contributed by atoms with Crippen LogP contribution in [0.3, 0.4) is 0 Å². The van der Waals surface area contributed by atoms with Crippen molar-refractivity contribution in [3.05, 3.63) is 70.9 Å². The number of rotatable bonds is 7. The maximum absolute atomic E-state index is 13.7. The molecule has 1 unspecified atom stereocenters. The van der Waals surface area contributed by atoms with Crippen LogP contribution in [-0.4, -0.2) is 43.4 Å². The number of nitrogens with one attached hydrogen (secondary N) is 1. The number of likely N-dealkylation sites (N-methyl/N-ethyl adjacent to an activating group) is 1. The van der Waals surface area contributed by atoms with Gasteiger partial charge in [0, 0.05) is 11.9 Å². The summed E-state index contributed by atoms with van der Waals surface area (Å²) in [7, 11) is 1.41. The van der Waals surface area contributed by atoms with Gasteiger partial charge in [-0.25, -0.2) is 9.59 Å². The molecule has 2 aromatic rings. The van der Waals surface area contributed by atoms with E-state index in [0.29, 0.717) is 5.75 Å². The molecule has 3 rings (SSSR count). The molecule has 0 spiro atoms. The van der Waals surface area contributed by atoms with Gasteiger partial charge in [-0.05, 0) is 49.1 Å². The van der Waals surface area contributed by atoms with Crippen LogP contribution in [0, 0.1) is 0 Å². The number of hydrogen-bond acceptors (Lipinski definition) is 5. The van der Waals surface area contributed by atoms with Gasteiger partial charge in [0.1, 0.15) is 12.4 Å². The zero-order valence-electron chi connectivity index (χ0n) is 18.2. The lowest BCUT2D eigenvalue weighted by Crippen LogP contribution is -2.48. The highest BCUT2D eigenvalue weighted by Gasteiger charge is 2.42. The zero-order chi connectivity index (χ0) is 24.2. The molecule has 1 N–H and O–H groups in total. The second-order valence-electron chi connectivity index (χ2n) is 7.07. The van der Waals surface area contributed by atoms with E-state index in [9.17, 15) is 22.8 Å². The van der Waals surface area contributed by atoms with Gasteiger partial charge in [-0.3, -0.25) is 4.90 Å². The predicted molar refractivity (Wildman–Crippen MR) is 118 cm³/mol. The summed E-state index contributed by atoms with van der Waals surface area (Å²) < 4.78 is 52.0.